The van der Waals surface area contributed by atoms with Crippen molar-refractivity contribution in [1.82, 2.24) is 15.1 Å². The Morgan fingerprint density at radius 2 is 2.27 bits per heavy atom. The predicted molar refractivity (Wildman–Crippen MR) is 52.3 cm³/mol. The van der Waals surface area contributed by atoms with Crippen LogP contribution in [0.15, 0.2) is 12.3 Å². The molecule has 0 saturated carbocycles. The molecular formula is C9H13N3O3. The van der Waals surface area contributed by atoms with E-state index in [-0.39, 0.29) is 11.6 Å². The van der Waals surface area contributed by atoms with Crippen molar-refractivity contribution < 1.29 is 14.3 Å². The highest BCUT2D eigenvalue weighted by atomic mass is 16.5. The Hall–Kier alpha value is -1.85. The zero-order chi connectivity index (χ0) is 11.4. The summed E-state index contributed by atoms with van der Waals surface area (Å²) in [5.41, 5.74) is 0.272. The standard InChI is InChI=1S/C9H13N3O3/c1-6(9(14)15-3)12-5-4-7(11-12)8(13)10-2/h4-6H,1-3H3,(H,10,13)/t6-/m1/s1. The van der Waals surface area contributed by atoms with Gasteiger partial charge >= 0.3 is 5.97 Å². The third-order valence-electron chi connectivity index (χ3n) is 2.01. The van der Waals surface area contributed by atoms with Crippen molar-refractivity contribution in [2.45, 2.75) is 13.0 Å². The van der Waals surface area contributed by atoms with Crippen LogP contribution in [0, 0.1) is 0 Å². The fraction of sp³-hybridized carbons (Fsp3) is 0.444. The van der Waals surface area contributed by atoms with E-state index < -0.39 is 12.0 Å². The van der Waals surface area contributed by atoms with Crippen molar-refractivity contribution in [3.05, 3.63) is 18.0 Å². The van der Waals surface area contributed by atoms with E-state index in [0.717, 1.165) is 0 Å². The minimum Gasteiger partial charge on any atom is -0.467 e. The molecule has 15 heavy (non-hydrogen) atoms. The highest BCUT2D eigenvalue weighted by Gasteiger charge is 2.17. The molecule has 0 aliphatic heterocycles. The Morgan fingerprint density at radius 1 is 1.60 bits per heavy atom. The molecule has 6 nitrogen and oxygen atoms in total. The summed E-state index contributed by atoms with van der Waals surface area (Å²) in [6.45, 7) is 1.65. The molecule has 0 saturated heterocycles. The van der Waals surface area contributed by atoms with Crippen LogP contribution in [-0.4, -0.2) is 35.8 Å². The molecule has 0 unspecified atom stereocenters. The number of esters is 1. The molecule has 0 aromatic carbocycles. The lowest BCUT2D eigenvalue weighted by molar-refractivity contribution is -0.144. The number of hydrogen-bond donors (Lipinski definition) is 1. The Kier molecular flexibility index (Phi) is 3.43. The molecule has 1 aromatic heterocycles. The van der Waals surface area contributed by atoms with E-state index in [4.69, 9.17) is 0 Å². The number of methoxy groups -OCH3 is 1. The van der Waals surface area contributed by atoms with E-state index >= 15 is 0 Å². The van der Waals surface area contributed by atoms with Gasteiger partial charge in [-0.15, -0.1) is 0 Å². The van der Waals surface area contributed by atoms with Crippen LogP contribution >= 0.6 is 0 Å². The molecular weight excluding hydrogens is 198 g/mol. The molecule has 1 heterocycles. The molecule has 1 atom stereocenters. The second-order valence-corrected chi connectivity index (χ2v) is 2.96. The number of hydrogen-bond acceptors (Lipinski definition) is 4. The lowest BCUT2D eigenvalue weighted by Gasteiger charge is -2.08. The molecule has 0 bridgehead atoms. The number of rotatable bonds is 3. The lowest BCUT2D eigenvalue weighted by Crippen LogP contribution is -2.21. The fourth-order valence-corrected chi connectivity index (χ4v) is 1.08. The van der Waals surface area contributed by atoms with Crippen molar-refractivity contribution in [1.29, 1.82) is 0 Å². The monoisotopic (exact) mass is 211 g/mol. The van der Waals surface area contributed by atoms with Crippen molar-refractivity contribution >= 4 is 11.9 Å². The molecule has 0 aliphatic rings. The first-order chi connectivity index (χ1) is 7.10. The van der Waals surface area contributed by atoms with E-state index in [2.05, 4.69) is 15.2 Å². The molecule has 1 rings (SSSR count). The van der Waals surface area contributed by atoms with E-state index in [1.165, 1.54) is 24.9 Å². The second kappa shape index (κ2) is 4.59. The van der Waals surface area contributed by atoms with Gasteiger partial charge in [-0.2, -0.15) is 5.10 Å². The summed E-state index contributed by atoms with van der Waals surface area (Å²) >= 11 is 0. The molecule has 1 amide bonds. The van der Waals surface area contributed by atoms with Crippen LogP contribution in [0.1, 0.15) is 23.5 Å². The fourth-order valence-electron chi connectivity index (χ4n) is 1.08. The molecule has 6 heteroatoms. The predicted octanol–water partition coefficient (Wildman–Crippen LogP) is -0.0233. The van der Waals surface area contributed by atoms with Gasteiger partial charge < -0.3 is 10.1 Å². The summed E-state index contributed by atoms with van der Waals surface area (Å²) in [5.74, 6) is -0.688. The van der Waals surface area contributed by atoms with Crippen LogP contribution in [-0.2, 0) is 9.53 Å². The zero-order valence-electron chi connectivity index (χ0n) is 8.85. The second-order valence-electron chi connectivity index (χ2n) is 2.96. The molecule has 0 aliphatic carbocycles. The van der Waals surface area contributed by atoms with Crippen molar-refractivity contribution in [3.63, 3.8) is 0 Å². The highest BCUT2D eigenvalue weighted by Crippen LogP contribution is 2.07. The maximum absolute atomic E-state index is 11.2. The Balaban J connectivity index is 2.84. The van der Waals surface area contributed by atoms with E-state index in [0.29, 0.717) is 0 Å². The molecule has 0 spiro atoms. The largest absolute Gasteiger partial charge is 0.467 e. The van der Waals surface area contributed by atoms with Crippen LogP contribution in [0.4, 0.5) is 0 Å². The van der Waals surface area contributed by atoms with Crippen LogP contribution < -0.4 is 5.32 Å². The summed E-state index contributed by atoms with van der Waals surface area (Å²) < 4.78 is 5.95. The maximum atomic E-state index is 11.2. The molecule has 1 N–H and O–H groups in total. The number of aromatic nitrogens is 2. The number of nitrogens with one attached hydrogen (secondary N) is 1. The maximum Gasteiger partial charge on any atom is 0.330 e. The topological polar surface area (TPSA) is 73.2 Å². The summed E-state index contributed by atoms with van der Waals surface area (Å²) in [4.78, 5) is 22.4. The summed E-state index contributed by atoms with van der Waals surface area (Å²) in [5, 5.41) is 6.40. The summed E-state index contributed by atoms with van der Waals surface area (Å²) in [6.07, 6.45) is 1.56. The van der Waals surface area contributed by atoms with Crippen molar-refractivity contribution in [3.8, 4) is 0 Å². The van der Waals surface area contributed by atoms with Crippen LogP contribution in [0.5, 0.6) is 0 Å². The number of carbonyl (C=O) groups excluding carboxylic acids is 2. The summed E-state index contributed by atoms with van der Waals surface area (Å²) in [6, 6.07) is 1.01. The van der Waals surface area contributed by atoms with Crippen LogP contribution in [0.3, 0.4) is 0 Å². The van der Waals surface area contributed by atoms with Crippen molar-refractivity contribution in [2.24, 2.45) is 0 Å². The van der Waals surface area contributed by atoms with Crippen LogP contribution in [0.2, 0.25) is 0 Å². The quantitative estimate of drug-likeness (QED) is 0.713. The first-order valence-corrected chi connectivity index (χ1v) is 4.45. The van der Waals surface area contributed by atoms with Gasteiger partial charge in [-0.3, -0.25) is 9.48 Å². The highest BCUT2D eigenvalue weighted by molar-refractivity contribution is 5.91. The number of carbonyl (C=O) groups is 2. The molecule has 0 fully saturated rings. The minimum absolute atomic E-state index is 0.272. The Bertz CT molecular complexity index is 372. The average Bonchev–Trinajstić information content (AvgIpc) is 2.75. The van der Waals surface area contributed by atoms with E-state index in [1.807, 2.05) is 0 Å². The minimum atomic E-state index is -0.534. The van der Waals surface area contributed by atoms with Gasteiger partial charge in [0.05, 0.1) is 7.11 Å². The number of nitrogens with zero attached hydrogens (tertiary/aromatic N) is 2. The van der Waals surface area contributed by atoms with Gasteiger partial charge in [0.15, 0.2) is 0 Å². The van der Waals surface area contributed by atoms with Gasteiger partial charge in [0.25, 0.3) is 5.91 Å². The van der Waals surface area contributed by atoms with Crippen LogP contribution in [0.25, 0.3) is 0 Å². The van der Waals surface area contributed by atoms with Gasteiger partial charge in [-0.05, 0) is 13.0 Å². The van der Waals surface area contributed by atoms with Gasteiger partial charge in [0.1, 0.15) is 11.7 Å². The van der Waals surface area contributed by atoms with Gasteiger partial charge in [0, 0.05) is 13.2 Å². The van der Waals surface area contributed by atoms with Gasteiger partial charge in [-0.25, -0.2) is 4.79 Å². The molecule has 82 valence electrons. The van der Waals surface area contributed by atoms with Gasteiger partial charge in [0.2, 0.25) is 0 Å². The van der Waals surface area contributed by atoms with Crippen molar-refractivity contribution in [2.75, 3.05) is 14.2 Å². The SMILES string of the molecule is CNC(=O)c1ccn([C@H](C)C(=O)OC)n1. The molecule has 1 aromatic rings. The molecule has 0 radical (unpaired) electrons. The normalized spacial score (nSPS) is 11.9. The van der Waals surface area contributed by atoms with E-state index in [9.17, 15) is 9.59 Å². The van der Waals surface area contributed by atoms with E-state index in [1.54, 1.807) is 13.1 Å². The first-order valence-electron chi connectivity index (χ1n) is 4.45. The smallest absolute Gasteiger partial charge is 0.330 e. The summed E-state index contributed by atoms with van der Waals surface area (Å²) in [7, 11) is 2.83. The Labute approximate surface area is 87.2 Å². The third kappa shape index (κ3) is 2.34. The average molecular weight is 211 g/mol. The number of ether oxygens (including phenoxy) is 1. The number of amides is 1. The first kappa shape index (κ1) is 11.2. The Morgan fingerprint density at radius 3 is 2.80 bits per heavy atom. The third-order valence-corrected chi connectivity index (χ3v) is 2.01. The lowest BCUT2D eigenvalue weighted by atomic mass is 10.3. The van der Waals surface area contributed by atoms with Gasteiger partial charge in [-0.1, -0.05) is 0 Å². The zero-order valence-corrected chi connectivity index (χ0v) is 8.85.